The molecule has 42 heavy (non-hydrogen) atoms. The molecule has 0 bridgehead atoms. The second-order valence-electron chi connectivity index (χ2n) is 10.8. The Bertz CT molecular complexity index is 1660. The van der Waals surface area contributed by atoms with Crippen LogP contribution in [0.4, 0.5) is 20.4 Å². The molecule has 0 radical (unpaired) electrons. The summed E-state index contributed by atoms with van der Waals surface area (Å²) in [5.41, 5.74) is 4.07. The van der Waals surface area contributed by atoms with Gasteiger partial charge in [0.25, 0.3) is 0 Å². The number of aliphatic imine (C=N–C) groups is 1. The highest BCUT2D eigenvalue weighted by molar-refractivity contribution is 6.31. The van der Waals surface area contributed by atoms with Crippen LogP contribution in [0.25, 0.3) is 11.3 Å². The monoisotopic (exact) mass is 585 g/mol. The van der Waals surface area contributed by atoms with Crippen LogP contribution in [0.1, 0.15) is 35.1 Å². The van der Waals surface area contributed by atoms with E-state index >= 15 is 0 Å². The summed E-state index contributed by atoms with van der Waals surface area (Å²) in [6.45, 7) is 1.88. The summed E-state index contributed by atoms with van der Waals surface area (Å²) in [6, 6.07) is 17.1. The van der Waals surface area contributed by atoms with Gasteiger partial charge >= 0.3 is 0 Å². The summed E-state index contributed by atoms with van der Waals surface area (Å²) < 4.78 is 29.6. The molecule has 1 saturated heterocycles. The first-order valence-corrected chi connectivity index (χ1v) is 14.2. The summed E-state index contributed by atoms with van der Waals surface area (Å²) in [5, 5.41) is 12.4. The summed E-state index contributed by atoms with van der Waals surface area (Å²) >= 11 is 6.32. The van der Waals surface area contributed by atoms with Gasteiger partial charge in [0.2, 0.25) is 5.95 Å². The number of amidine groups is 1. The van der Waals surface area contributed by atoms with Gasteiger partial charge in [-0.1, -0.05) is 23.7 Å². The van der Waals surface area contributed by atoms with Crippen molar-refractivity contribution >= 4 is 34.8 Å². The summed E-state index contributed by atoms with van der Waals surface area (Å²) in [4.78, 5) is 18.2. The molecule has 214 valence electrons. The fourth-order valence-corrected chi connectivity index (χ4v) is 5.72. The number of nitrogens with one attached hydrogen (secondary N) is 2. The van der Waals surface area contributed by atoms with Gasteiger partial charge in [0, 0.05) is 58.3 Å². The molecule has 0 aliphatic carbocycles. The highest BCUT2D eigenvalue weighted by atomic mass is 35.5. The zero-order valence-electron chi connectivity index (χ0n) is 23.3. The Kier molecular flexibility index (Phi) is 7.70. The van der Waals surface area contributed by atoms with Gasteiger partial charge in [-0.05, 0) is 75.5 Å². The first-order chi connectivity index (χ1) is 20.3. The van der Waals surface area contributed by atoms with Gasteiger partial charge in [0.15, 0.2) is 0 Å². The molecule has 6 rings (SSSR count). The van der Waals surface area contributed by atoms with E-state index in [-0.39, 0.29) is 17.8 Å². The molecule has 3 aromatic carbocycles. The van der Waals surface area contributed by atoms with Crippen LogP contribution in [0, 0.1) is 17.0 Å². The third-order valence-electron chi connectivity index (χ3n) is 7.89. The van der Waals surface area contributed by atoms with Crippen molar-refractivity contribution in [2.24, 2.45) is 4.99 Å². The number of benzene rings is 3. The Morgan fingerprint density at radius 2 is 1.71 bits per heavy atom. The lowest BCUT2D eigenvalue weighted by molar-refractivity contribution is 0.191. The molecule has 7 nitrogen and oxygen atoms in total. The van der Waals surface area contributed by atoms with Crippen LogP contribution < -0.4 is 5.32 Å². The Morgan fingerprint density at radius 3 is 2.40 bits per heavy atom. The topological polar surface area (TPSA) is 80.5 Å². The number of aromatic nitrogens is 2. The lowest BCUT2D eigenvalue weighted by Crippen LogP contribution is -2.44. The van der Waals surface area contributed by atoms with Crippen LogP contribution >= 0.6 is 11.6 Å². The molecule has 4 aromatic rings. The second kappa shape index (κ2) is 11.6. The smallest absolute Gasteiger partial charge is 0.227 e. The molecule has 2 aliphatic heterocycles. The number of anilines is 2. The molecule has 0 spiro atoms. The largest absolute Gasteiger partial charge is 0.356 e. The number of likely N-dealkylation sites (tertiary alicyclic amines) is 1. The molecular weight excluding hydrogens is 556 g/mol. The van der Waals surface area contributed by atoms with Crippen LogP contribution in [0.3, 0.4) is 0 Å². The molecule has 0 saturated carbocycles. The fourth-order valence-electron chi connectivity index (χ4n) is 5.55. The van der Waals surface area contributed by atoms with E-state index in [1.54, 1.807) is 24.4 Å². The fraction of sp³-hybridized carbons (Fsp3) is 0.250. The minimum absolute atomic E-state index is 0.146. The van der Waals surface area contributed by atoms with Crippen molar-refractivity contribution in [2.75, 3.05) is 32.5 Å². The van der Waals surface area contributed by atoms with Crippen molar-refractivity contribution in [3.63, 3.8) is 0 Å². The Labute approximate surface area is 248 Å². The van der Waals surface area contributed by atoms with E-state index in [9.17, 15) is 8.78 Å². The molecule has 2 N–H and O–H groups in total. The number of hydrogen-bond acceptors (Lipinski definition) is 6. The summed E-state index contributed by atoms with van der Waals surface area (Å²) in [7, 11) is 4.22. The van der Waals surface area contributed by atoms with Gasteiger partial charge in [0.1, 0.15) is 17.5 Å². The number of fused-ring (bicyclic) bond motifs is 3. The zero-order valence-corrected chi connectivity index (χ0v) is 24.1. The van der Waals surface area contributed by atoms with E-state index in [4.69, 9.17) is 22.0 Å². The van der Waals surface area contributed by atoms with E-state index in [0.717, 1.165) is 42.7 Å². The van der Waals surface area contributed by atoms with Crippen LogP contribution in [0.5, 0.6) is 0 Å². The van der Waals surface area contributed by atoms with Crippen molar-refractivity contribution in [1.82, 2.24) is 19.8 Å². The van der Waals surface area contributed by atoms with Crippen LogP contribution in [-0.4, -0.2) is 64.5 Å². The SMILES string of the molecule is CN(C)C1CCN(C(=N)c2ccc(Nc3ncc4c(n3)-c3ccc(Cl)cc3C(c3c(F)cccc3F)=NC4)cc2)CC1. The second-order valence-corrected chi connectivity index (χ2v) is 11.2. The maximum Gasteiger partial charge on any atom is 0.227 e. The van der Waals surface area contributed by atoms with Crippen molar-refractivity contribution in [2.45, 2.75) is 25.4 Å². The predicted molar refractivity (Wildman–Crippen MR) is 163 cm³/mol. The van der Waals surface area contributed by atoms with E-state index in [2.05, 4.69) is 39.2 Å². The normalized spacial score (nSPS) is 15.1. The summed E-state index contributed by atoms with van der Waals surface area (Å²) in [5.74, 6) is -0.511. The molecular formula is C32H30ClF2N7. The molecule has 3 heterocycles. The molecule has 1 aromatic heterocycles. The highest BCUT2D eigenvalue weighted by Gasteiger charge is 2.26. The van der Waals surface area contributed by atoms with Crippen LogP contribution in [0.15, 0.2) is 71.9 Å². The van der Waals surface area contributed by atoms with E-state index in [1.165, 1.54) is 18.2 Å². The molecule has 2 aliphatic rings. The average molecular weight is 586 g/mol. The number of nitrogens with zero attached hydrogens (tertiary/aromatic N) is 5. The Morgan fingerprint density at radius 1 is 1.00 bits per heavy atom. The number of rotatable bonds is 5. The predicted octanol–water partition coefficient (Wildman–Crippen LogP) is 6.52. The first kappa shape index (κ1) is 27.9. The van der Waals surface area contributed by atoms with Gasteiger partial charge < -0.3 is 15.1 Å². The van der Waals surface area contributed by atoms with Gasteiger partial charge in [0.05, 0.1) is 23.5 Å². The molecule has 0 amide bonds. The summed E-state index contributed by atoms with van der Waals surface area (Å²) in [6.07, 6.45) is 3.76. The Hall–Kier alpha value is -4.21. The van der Waals surface area contributed by atoms with Gasteiger partial charge in [-0.2, -0.15) is 0 Å². The lowest BCUT2D eigenvalue weighted by atomic mass is 9.95. The van der Waals surface area contributed by atoms with Crippen LogP contribution in [0.2, 0.25) is 5.02 Å². The third-order valence-corrected chi connectivity index (χ3v) is 8.12. The maximum absolute atomic E-state index is 14.8. The van der Waals surface area contributed by atoms with Gasteiger partial charge in [-0.3, -0.25) is 10.4 Å². The van der Waals surface area contributed by atoms with Crippen molar-refractivity contribution < 1.29 is 8.78 Å². The van der Waals surface area contributed by atoms with E-state index < -0.39 is 11.6 Å². The zero-order chi connectivity index (χ0) is 29.4. The number of halogens is 3. The minimum Gasteiger partial charge on any atom is -0.356 e. The Balaban J connectivity index is 1.25. The standard InChI is InChI=1S/C32H30ClF2N7/c1-41(2)23-12-14-42(15-13-23)31(36)19-6-9-22(10-7-19)39-32-38-18-20-17-37-30(28-26(34)4-3-5-27(28)35)25-16-21(33)8-11-24(25)29(20)40-32/h3-11,16,18,23,36H,12-15,17H2,1-2H3,(H,38,39,40). The first-order valence-electron chi connectivity index (χ1n) is 13.8. The van der Waals surface area contributed by atoms with Crippen LogP contribution in [-0.2, 0) is 6.54 Å². The highest BCUT2D eigenvalue weighted by Crippen LogP contribution is 2.35. The minimum atomic E-state index is -0.700. The number of piperidine rings is 1. The van der Waals surface area contributed by atoms with Crippen molar-refractivity contribution in [1.29, 1.82) is 5.41 Å². The average Bonchev–Trinajstić information content (AvgIpc) is 3.14. The maximum atomic E-state index is 14.8. The van der Waals surface area contributed by atoms with Gasteiger partial charge in [-0.25, -0.2) is 18.7 Å². The lowest BCUT2D eigenvalue weighted by Gasteiger charge is -2.36. The third kappa shape index (κ3) is 5.49. The number of hydrogen-bond donors (Lipinski definition) is 2. The van der Waals surface area contributed by atoms with E-state index in [1.807, 2.05) is 24.3 Å². The molecule has 0 unspecified atom stereocenters. The quantitative estimate of drug-likeness (QED) is 0.206. The molecule has 10 heteroatoms. The van der Waals surface area contributed by atoms with Gasteiger partial charge in [-0.15, -0.1) is 0 Å². The van der Waals surface area contributed by atoms with Crippen molar-refractivity contribution in [3.8, 4) is 11.3 Å². The van der Waals surface area contributed by atoms with Crippen molar-refractivity contribution in [3.05, 3.63) is 106 Å². The molecule has 1 fully saturated rings. The van der Waals surface area contributed by atoms with E-state index in [0.29, 0.717) is 39.7 Å². The molecule has 0 atom stereocenters.